The number of likely N-dealkylation sites (tertiary alicyclic amines) is 1. The number of ether oxygens (including phenoxy) is 1. The number of nitrogens with zero attached hydrogens (tertiary/aromatic N) is 1. The second kappa shape index (κ2) is 6.29. The van der Waals surface area contributed by atoms with Crippen molar-refractivity contribution in [3.8, 4) is 5.75 Å². The molecule has 0 aliphatic carbocycles. The summed E-state index contributed by atoms with van der Waals surface area (Å²) in [4.78, 5) is 14.5. The molecule has 1 fully saturated rings. The number of amides is 1. The third-order valence-electron chi connectivity index (χ3n) is 3.63. The van der Waals surface area contributed by atoms with Gasteiger partial charge in [-0.25, -0.2) is 0 Å². The number of hydrogen-bond acceptors (Lipinski definition) is 2. The summed E-state index contributed by atoms with van der Waals surface area (Å²) in [5.74, 6) is 2.13. The van der Waals surface area contributed by atoms with E-state index in [-0.39, 0.29) is 12.0 Å². The van der Waals surface area contributed by atoms with Gasteiger partial charge in [-0.2, -0.15) is 0 Å². The fourth-order valence-electron chi connectivity index (χ4n) is 2.96. The van der Waals surface area contributed by atoms with Crippen molar-refractivity contribution in [2.24, 2.45) is 11.8 Å². The zero-order valence-electron chi connectivity index (χ0n) is 12.9. The number of carbonyl (C=O) groups is 1. The predicted octanol–water partition coefficient (Wildman–Crippen LogP) is 3.59. The Hall–Kier alpha value is -1.51. The van der Waals surface area contributed by atoms with Crippen LogP contribution in [0, 0.1) is 11.8 Å². The Bertz CT molecular complexity index is 443. The van der Waals surface area contributed by atoms with E-state index in [1.54, 1.807) is 0 Å². The number of benzene rings is 1. The smallest absolute Gasteiger partial charge is 0.253 e. The van der Waals surface area contributed by atoms with Gasteiger partial charge in [0.05, 0.1) is 6.10 Å². The molecule has 0 bridgehead atoms. The van der Waals surface area contributed by atoms with Gasteiger partial charge < -0.3 is 9.64 Å². The Morgan fingerprint density at radius 3 is 2.20 bits per heavy atom. The molecular formula is C17H25NO2. The molecule has 0 saturated carbocycles. The Morgan fingerprint density at radius 2 is 1.70 bits per heavy atom. The highest BCUT2D eigenvalue weighted by molar-refractivity contribution is 5.94. The van der Waals surface area contributed by atoms with Crippen LogP contribution in [-0.4, -0.2) is 30.0 Å². The molecule has 1 heterocycles. The standard InChI is InChI=1S/C17H25NO2/c1-12(2)20-16-7-5-15(6-8-16)17(19)18-10-13(3)9-14(4)11-18/h5-8,12-14H,9-11H2,1-4H3. The Balaban J connectivity index is 2.05. The molecule has 3 heteroatoms. The van der Waals surface area contributed by atoms with Crippen LogP contribution in [0.4, 0.5) is 0 Å². The molecule has 0 radical (unpaired) electrons. The average molecular weight is 275 g/mol. The minimum absolute atomic E-state index is 0.138. The molecule has 1 saturated heterocycles. The van der Waals surface area contributed by atoms with E-state index in [0.29, 0.717) is 11.8 Å². The molecule has 2 atom stereocenters. The third-order valence-corrected chi connectivity index (χ3v) is 3.63. The monoisotopic (exact) mass is 275 g/mol. The predicted molar refractivity (Wildman–Crippen MR) is 81.1 cm³/mol. The first-order valence-electron chi connectivity index (χ1n) is 7.51. The highest BCUT2D eigenvalue weighted by Gasteiger charge is 2.25. The molecule has 0 aromatic heterocycles. The Kier molecular flexibility index (Phi) is 4.69. The summed E-state index contributed by atoms with van der Waals surface area (Å²) in [6.07, 6.45) is 1.37. The molecule has 1 aliphatic heterocycles. The van der Waals surface area contributed by atoms with Crippen LogP contribution in [0.3, 0.4) is 0 Å². The lowest BCUT2D eigenvalue weighted by Crippen LogP contribution is -2.42. The maximum atomic E-state index is 12.5. The molecular weight excluding hydrogens is 250 g/mol. The zero-order chi connectivity index (χ0) is 14.7. The van der Waals surface area contributed by atoms with Crippen molar-refractivity contribution >= 4 is 5.91 Å². The van der Waals surface area contributed by atoms with Gasteiger partial charge in [-0.15, -0.1) is 0 Å². The van der Waals surface area contributed by atoms with Crippen molar-refractivity contribution in [1.29, 1.82) is 0 Å². The molecule has 0 spiro atoms. The van der Waals surface area contributed by atoms with Gasteiger partial charge in [0.25, 0.3) is 5.91 Å². The van der Waals surface area contributed by atoms with Crippen molar-refractivity contribution in [2.75, 3.05) is 13.1 Å². The summed E-state index contributed by atoms with van der Waals surface area (Å²) in [5, 5.41) is 0. The molecule has 1 amide bonds. The van der Waals surface area contributed by atoms with Gasteiger partial charge in [-0.1, -0.05) is 13.8 Å². The molecule has 1 aromatic carbocycles. The van der Waals surface area contributed by atoms with Crippen LogP contribution in [0.25, 0.3) is 0 Å². The molecule has 2 unspecified atom stereocenters. The number of piperidine rings is 1. The van der Waals surface area contributed by atoms with Crippen molar-refractivity contribution in [3.05, 3.63) is 29.8 Å². The maximum Gasteiger partial charge on any atom is 0.253 e. The van der Waals surface area contributed by atoms with Gasteiger partial charge in [0.15, 0.2) is 0 Å². The molecule has 20 heavy (non-hydrogen) atoms. The van der Waals surface area contributed by atoms with Crippen LogP contribution < -0.4 is 4.74 Å². The van der Waals surface area contributed by atoms with Crippen LogP contribution in [-0.2, 0) is 0 Å². The number of carbonyl (C=O) groups excluding carboxylic acids is 1. The minimum Gasteiger partial charge on any atom is -0.491 e. The lowest BCUT2D eigenvalue weighted by molar-refractivity contribution is 0.0623. The van der Waals surface area contributed by atoms with Crippen LogP contribution in [0.1, 0.15) is 44.5 Å². The second-order valence-corrected chi connectivity index (χ2v) is 6.35. The number of rotatable bonds is 3. The van der Waals surface area contributed by atoms with Crippen molar-refractivity contribution < 1.29 is 9.53 Å². The van der Waals surface area contributed by atoms with E-state index in [9.17, 15) is 4.79 Å². The van der Waals surface area contributed by atoms with Crippen molar-refractivity contribution in [1.82, 2.24) is 4.90 Å². The van der Waals surface area contributed by atoms with Crippen LogP contribution in [0.2, 0.25) is 0 Å². The van der Waals surface area contributed by atoms with E-state index >= 15 is 0 Å². The zero-order valence-corrected chi connectivity index (χ0v) is 12.9. The molecule has 2 rings (SSSR count). The van der Waals surface area contributed by atoms with Crippen molar-refractivity contribution in [2.45, 2.75) is 40.2 Å². The normalized spacial score (nSPS) is 22.9. The average Bonchev–Trinajstić information content (AvgIpc) is 2.37. The molecule has 1 aliphatic rings. The fraction of sp³-hybridized carbons (Fsp3) is 0.588. The van der Waals surface area contributed by atoms with Crippen LogP contribution in [0.5, 0.6) is 5.75 Å². The van der Waals surface area contributed by atoms with Gasteiger partial charge in [-0.05, 0) is 56.4 Å². The lowest BCUT2D eigenvalue weighted by atomic mass is 9.91. The summed E-state index contributed by atoms with van der Waals surface area (Å²) in [6, 6.07) is 7.49. The first-order valence-corrected chi connectivity index (χ1v) is 7.51. The summed E-state index contributed by atoms with van der Waals surface area (Å²) >= 11 is 0. The van der Waals surface area contributed by atoms with E-state index < -0.39 is 0 Å². The lowest BCUT2D eigenvalue weighted by Gasteiger charge is -2.35. The first kappa shape index (κ1) is 14.9. The molecule has 110 valence electrons. The van der Waals surface area contributed by atoms with Gasteiger partial charge in [0.1, 0.15) is 5.75 Å². The van der Waals surface area contributed by atoms with E-state index in [1.165, 1.54) is 6.42 Å². The van der Waals surface area contributed by atoms with Crippen LogP contribution >= 0.6 is 0 Å². The topological polar surface area (TPSA) is 29.5 Å². The second-order valence-electron chi connectivity index (χ2n) is 6.35. The quantitative estimate of drug-likeness (QED) is 0.843. The fourth-order valence-corrected chi connectivity index (χ4v) is 2.96. The van der Waals surface area contributed by atoms with E-state index in [1.807, 2.05) is 43.0 Å². The molecule has 0 N–H and O–H groups in total. The summed E-state index contributed by atoms with van der Waals surface area (Å²) in [7, 11) is 0. The van der Waals surface area contributed by atoms with Crippen LogP contribution in [0.15, 0.2) is 24.3 Å². The first-order chi connectivity index (χ1) is 9.45. The minimum atomic E-state index is 0.138. The molecule has 1 aromatic rings. The third kappa shape index (κ3) is 3.75. The summed E-state index contributed by atoms with van der Waals surface area (Å²) < 4.78 is 5.60. The largest absolute Gasteiger partial charge is 0.491 e. The van der Waals surface area contributed by atoms with Gasteiger partial charge in [0, 0.05) is 18.7 Å². The highest BCUT2D eigenvalue weighted by atomic mass is 16.5. The van der Waals surface area contributed by atoms with E-state index in [0.717, 1.165) is 24.4 Å². The van der Waals surface area contributed by atoms with Crippen molar-refractivity contribution in [3.63, 3.8) is 0 Å². The van der Waals surface area contributed by atoms with E-state index in [2.05, 4.69) is 13.8 Å². The number of hydrogen-bond donors (Lipinski definition) is 0. The Labute approximate surface area is 121 Å². The highest BCUT2D eigenvalue weighted by Crippen LogP contribution is 2.23. The summed E-state index contributed by atoms with van der Waals surface area (Å²) in [6.45, 7) is 10.2. The summed E-state index contributed by atoms with van der Waals surface area (Å²) in [5.41, 5.74) is 0.752. The molecule has 3 nitrogen and oxygen atoms in total. The maximum absolute atomic E-state index is 12.5. The van der Waals surface area contributed by atoms with Gasteiger partial charge in [0.2, 0.25) is 0 Å². The SMILES string of the molecule is CC1CC(C)CN(C(=O)c2ccc(OC(C)C)cc2)C1. The van der Waals surface area contributed by atoms with E-state index in [4.69, 9.17) is 4.74 Å². The van der Waals surface area contributed by atoms with Gasteiger partial charge in [-0.3, -0.25) is 4.79 Å². The Morgan fingerprint density at radius 1 is 1.15 bits per heavy atom. The van der Waals surface area contributed by atoms with Gasteiger partial charge >= 0.3 is 0 Å².